The van der Waals surface area contributed by atoms with Gasteiger partial charge in [0.25, 0.3) is 0 Å². The number of carbonyl (C=O) groups excluding carboxylic acids is 3. The fourth-order valence-corrected chi connectivity index (χ4v) is 3.68. The van der Waals surface area contributed by atoms with Crippen molar-refractivity contribution in [3.8, 4) is 0 Å². The van der Waals surface area contributed by atoms with E-state index in [9.17, 15) is 24.3 Å². The van der Waals surface area contributed by atoms with Crippen molar-refractivity contribution in [2.24, 2.45) is 22.2 Å². The molecule has 0 saturated carbocycles. The molecule has 0 fully saturated rings. The van der Waals surface area contributed by atoms with Crippen LogP contribution in [0.2, 0.25) is 0 Å². The summed E-state index contributed by atoms with van der Waals surface area (Å²) in [7, 11) is 0. The molecule has 0 saturated heterocycles. The maximum absolute atomic E-state index is 13.2. The van der Waals surface area contributed by atoms with E-state index in [1.807, 2.05) is 6.07 Å². The van der Waals surface area contributed by atoms with Gasteiger partial charge >= 0.3 is 5.97 Å². The molecule has 0 aliphatic heterocycles. The molecule has 0 aromatic heterocycles. The van der Waals surface area contributed by atoms with E-state index in [1.54, 1.807) is 54.6 Å². The van der Waals surface area contributed by atoms with E-state index in [2.05, 4.69) is 20.9 Å². The van der Waals surface area contributed by atoms with E-state index < -0.39 is 41.8 Å². The molecule has 3 unspecified atom stereocenters. The molecule has 2 aromatic rings. The Morgan fingerprint density at radius 2 is 1.26 bits per heavy atom. The number of rotatable bonds is 15. The first-order chi connectivity index (χ1) is 18.2. The van der Waals surface area contributed by atoms with Crippen LogP contribution in [0.1, 0.15) is 24.0 Å². The number of nitrogens with zero attached hydrogens (tertiary/aromatic N) is 1. The van der Waals surface area contributed by atoms with Crippen LogP contribution in [0.4, 0.5) is 0 Å². The molecular weight excluding hydrogens is 490 g/mol. The molecule has 0 spiro atoms. The first-order valence-electron chi connectivity index (χ1n) is 12.2. The molecule has 0 heterocycles. The number of amides is 3. The van der Waals surface area contributed by atoms with Gasteiger partial charge in [-0.15, -0.1) is 0 Å². The number of benzene rings is 2. The van der Waals surface area contributed by atoms with Crippen molar-refractivity contribution in [3.05, 3.63) is 71.8 Å². The Hall–Kier alpha value is -4.45. The fraction of sp³-hybridized carbons (Fsp3) is 0.346. The largest absolute Gasteiger partial charge is 0.480 e. The van der Waals surface area contributed by atoms with Gasteiger partial charge in [-0.2, -0.15) is 0 Å². The summed E-state index contributed by atoms with van der Waals surface area (Å²) in [4.78, 5) is 54.2. The molecule has 3 atom stereocenters. The average Bonchev–Trinajstić information content (AvgIpc) is 2.90. The number of carboxylic acid groups (broad SMARTS) is 1. The van der Waals surface area contributed by atoms with Crippen LogP contribution in [0.5, 0.6) is 0 Å². The highest BCUT2D eigenvalue weighted by atomic mass is 16.4. The molecule has 12 nitrogen and oxygen atoms in total. The molecule has 204 valence electrons. The fourth-order valence-electron chi connectivity index (χ4n) is 3.68. The van der Waals surface area contributed by atoms with E-state index in [1.165, 1.54) is 0 Å². The molecule has 2 aromatic carbocycles. The number of aliphatic carboxylic acids is 1. The number of hydrogen-bond acceptors (Lipinski definition) is 6. The molecule has 0 radical (unpaired) electrons. The Balaban J connectivity index is 2.20. The lowest BCUT2D eigenvalue weighted by molar-refractivity contribution is -0.142. The number of guanidine groups is 1. The standard InChI is InChI=1S/C26H35N7O5/c27-16-22(34)31-20(14-17-8-3-1-4-9-17)24(36)32-19(12-7-13-30-26(28)29)23(35)33-21(25(37)38)15-18-10-5-2-6-11-18/h1-6,8-11,19-21H,7,12-16,27H2,(H,31,34)(H,32,36)(H,33,35)(H,37,38)(H4,28,29,30). The Morgan fingerprint density at radius 3 is 1.76 bits per heavy atom. The third-order valence-corrected chi connectivity index (χ3v) is 5.60. The molecule has 0 bridgehead atoms. The van der Waals surface area contributed by atoms with Crippen molar-refractivity contribution in [3.63, 3.8) is 0 Å². The van der Waals surface area contributed by atoms with Crippen LogP contribution in [0, 0.1) is 0 Å². The Kier molecular flexibility index (Phi) is 12.2. The van der Waals surface area contributed by atoms with Gasteiger partial charge in [0.05, 0.1) is 6.54 Å². The van der Waals surface area contributed by atoms with Crippen LogP contribution in [-0.4, -0.2) is 66.0 Å². The van der Waals surface area contributed by atoms with Crippen molar-refractivity contribution >= 4 is 29.7 Å². The number of nitrogens with two attached hydrogens (primary N) is 3. The van der Waals surface area contributed by atoms with Crippen molar-refractivity contribution in [2.45, 2.75) is 43.8 Å². The smallest absolute Gasteiger partial charge is 0.326 e. The van der Waals surface area contributed by atoms with Crippen molar-refractivity contribution in [1.82, 2.24) is 16.0 Å². The third kappa shape index (κ3) is 10.7. The molecule has 0 aliphatic carbocycles. The first-order valence-corrected chi connectivity index (χ1v) is 12.2. The van der Waals surface area contributed by atoms with Gasteiger partial charge in [0, 0.05) is 19.4 Å². The summed E-state index contributed by atoms with van der Waals surface area (Å²) in [5.41, 5.74) is 17.6. The van der Waals surface area contributed by atoms with Crippen LogP contribution < -0.4 is 33.2 Å². The highest BCUT2D eigenvalue weighted by molar-refractivity contribution is 5.93. The van der Waals surface area contributed by atoms with Crippen LogP contribution >= 0.6 is 0 Å². The molecule has 2 rings (SSSR count). The van der Waals surface area contributed by atoms with E-state index in [4.69, 9.17) is 17.2 Å². The lowest BCUT2D eigenvalue weighted by atomic mass is 10.0. The topological polar surface area (TPSA) is 215 Å². The van der Waals surface area contributed by atoms with Gasteiger partial charge < -0.3 is 38.3 Å². The molecule has 3 amide bonds. The van der Waals surface area contributed by atoms with Crippen LogP contribution in [-0.2, 0) is 32.0 Å². The van der Waals surface area contributed by atoms with Gasteiger partial charge in [-0.25, -0.2) is 4.79 Å². The SMILES string of the molecule is NCC(=O)NC(Cc1ccccc1)C(=O)NC(CCCN=C(N)N)C(=O)NC(Cc1ccccc1)C(=O)O. The predicted molar refractivity (Wildman–Crippen MR) is 143 cm³/mol. The van der Waals surface area contributed by atoms with Crippen LogP contribution in [0.25, 0.3) is 0 Å². The Labute approximate surface area is 221 Å². The second-order valence-electron chi connectivity index (χ2n) is 8.61. The number of nitrogens with one attached hydrogen (secondary N) is 3. The summed E-state index contributed by atoms with van der Waals surface area (Å²) in [5.74, 6) is -3.17. The van der Waals surface area contributed by atoms with Gasteiger partial charge in [0.2, 0.25) is 17.7 Å². The van der Waals surface area contributed by atoms with E-state index in [0.29, 0.717) is 6.42 Å². The summed E-state index contributed by atoms with van der Waals surface area (Å²) in [6.45, 7) is -0.119. The van der Waals surface area contributed by atoms with Gasteiger partial charge in [-0.3, -0.25) is 19.4 Å². The second-order valence-corrected chi connectivity index (χ2v) is 8.61. The van der Waals surface area contributed by atoms with E-state index >= 15 is 0 Å². The third-order valence-electron chi connectivity index (χ3n) is 5.60. The quantitative estimate of drug-likeness (QED) is 0.0869. The summed E-state index contributed by atoms with van der Waals surface area (Å²) in [6, 6.07) is 14.5. The molecule has 38 heavy (non-hydrogen) atoms. The highest BCUT2D eigenvalue weighted by Crippen LogP contribution is 2.08. The number of hydrogen-bond donors (Lipinski definition) is 7. The minimum atomic E-state index is -1.22. The minimum absolute atomic E-state index is 0.0553. The normalized spacial score (nSPS) is 12.9. The molecular formula is C26H35N7O5. The lowest BCUT2D eigenvalue weighted by Gasteiger charge is -2.24. The van der Waals surface area contributed by atoms with Gasteiger partial charge in [-0.05, 0) is 24.0 Å². The van der Waals surface area contributed by atoms with Gasteiger partial charge in [0.15, 0.2) is 5.96 Å². The van der Waals surface area contributed by atoms with Crippen molar-refractivity contribution in [2.75, 3.05) is 13.1 Å². The highest BCUT2D eigenvalue weighted by Gasteiger charge is 2.29. The van der Waals surface area contributed by atoms with E-state index in [-0.39, 0.29) is 38.3 Å². The average molecular weight is 526 g/mol. The van der Waals surface area contributed by atoms with Crippen molar-refractivity contribution < 1.29 is 24.3 Å². The Bertz CT molecular complexity index is 1090. The van der Waals surface area contributed by atoms with E-state index in [0.717, 1.165) is 11.1 Å². The minimum Gasteiger partial charge on any atom is -0.480 e. The maximum Gasteiger partial charge on any atom is 0.326 e. The zero-order valence-corrected chi connectivity index (χ0v) is 21.0. The summed E-state index contributed by atoms with van der Waals surface area (Å²) in [6.07, 6.45) is 0.659. The van der Waals surface area contributed by atoms with Crippen molar-refractivity contribution in [1.29, 1.82) is 0 Å². The molecule has 10 N–H and O–H groups in total. The van der Waals surface area contributed by atoms with Gasteiger partial charge in [-0.1, -0.05) is 60.7 Å². The summed E-state index contributed by atoms with van der Waals surface area (Å²) >= 11 is 0. The van der Waals surface area contributed by atoms with Crippen LogP contribution in [0.3, 0.4) is 0 Å². The second kappa shape index (κ2) is 15.6. The summed E-state index contributed by atoms with van der Waals surface area (Å²) < 4.78 is 0. The zero-order chi connectivity index (χ0) is 27.9. The molecule has 0 aliphatic rings. The zero-order valence-electron chi connectivity index (χ0n) is 21.0. The lowest BCUT2D eigenvalue weighted by Crippen LogP contribution is -2.57. The summed E-state index contributed by atoms with van der Waals surface area (Å²) in [5, 5.41) is 17.4. The monoisotopic (exact) mass is 525 g/mol. The number of carboxylic acids is 1. The number of carbonyl (C=O) groups is 4. The maximum atomic E-state index is 13.2. The predicted octanol–water partition coefficient (Wildman–Crippen LogP) is -0.977. The Morgan fingerprint density at radius 1 is 0.763 bits per heavy atom. The van der Waals surface area contributed by atoms with Gasteiger partial charge in [0.1, 0.15) is 18.1 Å². The number of aliphatic imine (C=N–C) groups is 1. The first kappa shape index (κ1) is 29.8. The molecule has 12 heteroatoms. The van der Waals surface area contributed by atoms with Crippen LogP contribution in [0.15, 0.2) is 65.7 Å².